The summed E-state index contributed by atoms with van der Waals surface area (Å²) in [5.41, 5.74) is 1.06. The number of rotatable bonds is 4. The number of benzene rings is 2. The monoisotopic (exact) mass is 468 g/mol. The molecule has 3 aliphatic rings. The Hall–Kier alpha value is -2.91. The number of hydrogen-bond acceptors (Lipinski definition) is 6. The van der Waals surface area contributed by atoms with Gasteiger partial charge in [-0.15, -0.1) is 0 Å². The van der Waals surface area contributed by atoms with Crippen molar-refractivity contribution in [3.8, 4) is 0 Å². The van der Waals surface area contributed by atoms with Gasteiger partial charge in [0, 0.05) is 49.7 Å². The molecule has 8 nitrogen and oxygen atoms in total. The van der Waals surface area contributed by atoms with Crippen molar-refractivity contribution in [3.05, 3.63) is 60.2 Å². The summed E-state index contributed by atoms with van der Waals surface area (Å²) in [5, 5.41) is 3.03. The molecule has 33 heavy (non-hydrogen) atoms. The van der Waals surface area contributed by atoms with Crippen LogP contribution < -0.4 is 10.2 Å². The number of piperidine rings is 1. The first-order chi connectivity index (χ1) is 15.8. The van der Waals surface area contributed by atoms with E-state index in [9.17, 15) is 18.0 Å². The number of nitrogens with one attached hydrogen (secondary N) is 1. The maximum absolute atomic E-state index is 12.8. The Morgan fingerprint density at radius 3 is 2.24 bits per heavy atom. The average Bonchev–Trinajstić information content (AvgIpc) is 3.09. The van der Waals surface area contributed by atoms with E-state index in [1.807, 2.05) is 30.3 Å². The summed E-state index contributed by atoms with van der Waals surface area (Å²) in [6.45, 7) is 3.45. The highest BCUT2D eigenvalue weighted by Crippen LogP contribution is 2.37. The molecule has 0 atom stereocenters. The topological polar surface area (TPSA) is 90.0 Å². The van der Waals surface area contributed by atoms with Gasteiger partial charge < -0.3 is 15.1 Å². The maximum atomic E-state index is 12.8. The van der Waals surface area contributed by atoms with Gasteiger partial charge in [0.05, 0.1) is 11.6 Å². The molecule has 0 aromatic heterocycles. The fraction of sp³-hybridized carbons (Fsp3) is 0.417. The fourth-order valence-electron chi connectivity index (χ4n) is 5.17. The zero-order chi connectivity index (χ0) is 23.2. The summed E-state index contributed by atoms with van der Waals surface area (Å²) < 4.78 is 23.2. The van der Waals surface area contributed by atoms with Gasteiger partial charge in [-0.25, -0.2) is 8.42 Å². The van der Waals surface area contributed by atoms with E-state index in [0.29, 0.717) is 25.3 Å². The quantitative estimate of drug-likeness (QED) is 0.729. The summed E-state index contributed by atoms with van der Waals surface area (Å²) in [7, 11) is -3.28. The van der Waals surface area contributed by atoms with Crippen LogP contribution in [-0.4, -0.2) is 80.7 Å². The van der Waals surface area contributed by atoms with E-state index >= 15 is 0 Å². The minimum atomic E-state index is -3.28. The van der Waals surface area contributed by atoms with Gasteiger partial charge in [-0.3, -0.25) is 14.5 Å². The Balaban J connectivity index is 1.19. The second-order valence-electron chi connectivity index (χ2n) is 9.16. The van der Waals surface area contributed by atoms with Crippen molar-refractivity contribution in [3.63, 3.8) is 0 Å². The van der Waals surface area contributed by atoms with E-state index in [1.54, 1.807) is 17.0 Å². The predicted octanol–water partition coefficient (Wildman–Crippen LogP) is 1.34. The molecule has 0 bridgehead atoms. The van der Waals surface area contributed by atoms with Crippen molar-refractivity contribution in [1.29, 1.82) is 0 Å². The molecule has 2 amide bonds. The van der Waals surface area contributed by atoms with Crippen LogP contribution in [0.2, 0.25) is 0 Å². The van der Waals surface area contributed by atoms with Crippen LogP contribution in [0, 0.1) is 0 Å². The smallest absolute Gasteiger partial charge is 0.253 e. The van der Waals surface area contributed by atoms with Crippen molar-refractivity contribution in [2.45, 2.75) is 29.3 Å². The number of likely N-dealkylation sites (tertiary alicyclic amines) is 2. The number of carbonyl (C=O) groups is 2. The lowest BCUT2D eigenvalue weighted by atomic mass is 9.84. The first kappa shape index (κ1) is 21.9. The highest BCUT2D eigenvalue weighted by Gasteiger charge is 2.51. The maximum Gasteiger partial charge on any atom is 0.253 e. The zero-order valence-electron chi connectivity index (χ0n) is 18.6. The molecule has 174 valence electrons. The zero-order valence-corrected chi connectivity index (χ0v) is 19.4. The minimum absolute atomic E-state index is 0.0785. The van der Waals surface area contributed by atoms with Gasteiger partial charge in [0.15, 0.2) is 9.84 Å². The largest absolute Gasteiger partial charge is 0.339 e. The molecule has 9 heteroatoms. The third kappa shape index (κ3) is 3.89. The van der Waals surface area contributed by atoms with Gasteiger partial charge in [0.25, 0.3) is 5.91 Å². The van der Waals surface area contributed by atoms with Gasteiger partial charge in [-0.05, 0) is 49.2 Å². The SMILES string of the molecule is CS(=O)(=O)c1ccc(C(=O)N2CC(N3CCC4(CC3)C(=O)NCN4c3ccccc3)C2)cc1. The standard InChI is InChI=1S/C24H28N4O4S/c1-33(31,32)21-9-7-18(8-10-21)22(29)27-15-20(16-27)26-13-11-24(12-14-26)23(30)25-17-28(24)19-5-3-2-4-6-19/h2-10,20H,11-17H2,1H3,(H,25,30). The minimum Gasteiger partial charge on any atom is -0.339 e. The average molecular weight is 469 g/mol. The number of hydrogen-bond donors (Lipinski definition) is 1. The Labute approximate surface area is 194 Å². The molecule has 0 aliphatic carbocycles. The lowest BCUT2D eigenvalue weighted by Crippen LogP contribution is -2.65. The highest BCUT2D eigenvalue weighted by molar-refractivity contribution is 7.90. The van der Waals surface area contributed by atoms with Crippen LogP contribution in [0.25, 0.3) is 0 Å². The van der Waals surface area contributed by atoms with Crippen LogP contribution in [0.1, 0.15) is 23.2 Å². The van der Waals surface area contributed by atoms with Crippen molar-refractivity contribution in [2.24, 2.45) is 0 Å². The van der Waals surface area contributed by atoms with E-state index in [2.05, 4.69) is 15.1 Å². The lowest BCUT2D eigenvalue weighted by molar-refractivity contribution is -0.125. The van der Waals surface area contributed by atoms with Crippen LogP contribution in [0.5, 0.6) is 0 Å². The molecule has 3 fully saturated rings. The summed E-state index contributed by atoms with van der Waals surface area (Å²) >= 11 is 0. The molecule has 0 saturated carbocycles. The van der Waals surface area contributed by atoms with Gasteiger partial charge >= 0.3 is 0 Å². The number of sulfone groups is 1. The number of carbonyl (C=O) groups excluding carboxylic acids is 2. The number of amides is 2. The number of para-hydroxylation sites is 1. The van der Waals surface area contributed by atoms with Crippen molar-refractivity contribution < 1.29 is 18.0 Å². The Bertz CT molecular complexity index is 1150. The van der Waals surface area contributed by atoms with Crippen molar-refractivity contribution in [2.75, 3.05) is 44.0 Å². The van der Waals surface area contributed by atoms with Gasteiger partial charge in [-0.2, -0.15) is 0 Å². The second-order valence-corrected chi connectivity index (χ2v) is 11.2. The van der Waals surface area contributed by atoms with E-state index in [-0.39, 0.29) is 22.8 Å². The third-order valence-electron chi connectivity index (χ3n) is 7.23. The normalized spacial score (nSPS) is 21.2. The van der Waals surface area contributed by atoms with Gasteiger partial charge in [-0.1, -0.05) is 18.2 Å². The molecule has 1 N–H and O–H groups in total. The Kier molecular flexibility index (Phi) is 5.41. The van der Waals surface area contributed by atoms with E-state index in [0.717, 1.165) is 37.9 Å². The van der Waals surface area contributed by atoms with Gasteiger partial charge in [0.2, 0.25) is 5.91 Å². The van der Waals surface area contributed by atoms with E-state index in [4.69, 9.17) is 0 Å². The Morgan fingerprint density at radius 1 is 1.00 bits per heavy atom. The number of nitrogens with zero attached hydrogens (tertiary/aromatic N) is 3. The Morgan fingerprint density at radius 2 is 1.64 bits per heavy atom. The van der Waals surface area contributed by atoms with Crippen molar-refractivity contribution in [1.82, 2.24) is 15.1 Å². The molecule has 3 heterocycles. The summed E-state index contributed by atoms with van der Waals surface area (Å²) in [5.74, 6) is 0.0270. The molecule has 3 aliphatic heterocycles. The summed E-state index contributed by atoms with van der Waals surface area (Å²) in [6.07, 6.45) is 2.66. The molecule has 2 aromatic carbocycles. The first-order valence-electron chi connectivity index (χ1n) is 11.2. The molecule has 0 radical (unpaired) electrons. The summed E-state index contributed by atoms with van der Waals surface area (Å²) in [4.78, 5) is 32.2. The highest BCUT2D eigenvalue weighted by atomic mass is 32.2. The first-order valence-corrected chi connectivity index (χ1v) is 13.1. The van der Waals surface area contributed by atoms with Crippen LogP contribution in [0.3, 0.4) is 0 Å². The van der Waals surface area contributed by atoms with Gasteiger partial charge in [0.1, 0.15) is 5.54 Å². The third-order valence-corrected chi connectivity index (χ3v) is 8.35. The van der Waals surface area contributed by atoms with Crippen LogP contribution in [0.4, 0.5) is 5.69 Å². The predicted molar refractivity (Wildman–Crippen MR) is 125 cm³/mol. The fourth-order valence-corrected chi connectivity index (χ4v) is 5.80. The molecule has 2 aromatic rings. The van der Waals surface area contributed by atoms with Crippen LogP contribution >= 0.6 is 0 Å². The molecule has 5 rings (SSSR count). The van der Waals surface area contributed by atoms with Crippen LogP contribution in [-0.2, 0) is 14.6 Å². The van der Waals surface area contributed by atoms with E-state index < -0.39 is 15.4 Å². The second kappa shape index (κ2) is 8.14. The van der Waals surface area contributed by atoms with E-state index in [1.165, 1.54) is 12.1 Å². The summed E-state index contributed by atoms with van der Waals surface area (Å²) in [6, 6.07) is 16.5. The van der Waals surface area contributed by atoms with Crippen LogP contribution in [0.15, 0.2) is 59.5 Å². The lowest BCUT2D eigenvalue weighted by Gasteiger charge is -2.50. The molecule has 0 unspecified atom stereocenters. The molecular formula is C24H28N4O4S. The molecular weight excluding hydrogens is 440 g/mol. The number of anilines is 1. The van der Waals surface area contributed by atoms with Crippen molar-refractivity contribution >= 4 is 27.3 Å². The molecule has 1 spiro atoms. The molecule has 3 saturated heterocycles.